The predicted molar refractivity (Wildman–Crippen MR) is 123 cm³/mol. The number of nitrogens with zero attached hydrogens (tertiary/aromatic N) is 3. The van der Waals surface area contributed by atoms with E-state index >= 15 is 0 Å². The summed E-state index contributed by atoms with van der Waals surface area (Å²) in [5.41, 5.74) is 3.06. The Kier molecular flexibility index (Phi) is 6.40. The number of ether oxygens (including phenoxy) is 1. The van der Waals surface area contributed by atoms with E-state index in [9.17, 15) is 14.0 Å². The van der Waals surface area contributed by atoms with E-state index < -0.39 is 0 Å². The fourth-order valence-corrected chi connectivity index (χ4v) is 4.65. The molecule has 1 aromatic heterocycles. The lowest BCUT2D eigenvalue weighted by atomic mass is 9.95. The van der Waals surface area contributed by atoms with Gasteiger partial charge in [-0.3, -0.25) is 9.59 Å². The molecule has 2 amide bonds. The summed E-state index contributed by atoms with van der Waals surface area (Å²) in [7, 11) is 0. The van der Waals surface area contributed by atoms with Crippen LogP contribution in [0.1, 0.15) is 46.3 Å². The lowest BCUT2D eigenvalue weighted by Gasteiger charge is -2.31. The Morgan fingerprint density at radius 1 is 1.09 bits per heavy atom. The molecule has 2 aliphatic heterocycles. The Hall–Kier alpha value is -3.52. The number of carbonyl (C=O) groups is 2. The van der Waals surface area contributed by atoms with Gasteiger partial charge in [-0.1, -0.05) is 42.5 Å². The lowest BCUT2D eigenvalue weighted by Crippen LogP contribution is -2.43. The van der Waals surface area contributed by atoms with Crippen LogP contribution in [0.4, 0.5) is 4.39 Å². The first-order valence-electron chi connectivity index (χ1n) is 11.6. The summed E-state index contributed by atoms with van der Waals surface area (Å²) in [5.74, 6) is -0.658. The van der Waals surface area contributed by atoms with E-state index in [4.69, 9.17) is 4.74 Å². The van der Waals surface area contributed by atoms with Crippen molar-refractivity contribution >= 4 is 11.8 Å². The SMILES string of the molecule is O=C(NCc1cccc(F)c1)C1CCN(C(=O)c2ncn3c2CO[C@H](c2ccccc2)C3)CC1. The molecule has 7 nitrogen and oxygen atoms in total. The number of benzene rings is 2. The molecule has 34 heavy (non-hydrogen) atoms. The minimum absolute atomic E-state index is 0.0592. The van der Waals surface area contributed by atoms with Crippen LogP contribution in [0.2, 0.25) is 0 Å². The molecule has 0 spiro atoms. The highest BCUT2D eigenvalue weighted by atomic mass is 19.1. The molecule has 5 rings (SSSR count). The number of piperidine rings is 1. The molecule has 1 fully saturated rings. The second-order valence-electron chi connectivity index (χ2n) is 8.82. The van der Waals surface area contributed by atoms with Crippen LogP contribution in [0, 0.1) is 11.7 Å². The van der Waals surface area contributed by atoms with Crippen molar-refractivity contribution in [1.29, 1.82) is 0 Å². The summed E-state index contributed by atoms with van der Waals surface area (Å²) in [4.78, 5) is 31.9. The van der Waals surface area contributed by atoms with Crippen molar-refractivity contribution < 1.29 is 18.7 Å². The normalized spacial score (nSPS) is 18.4. The highest BCUT2D eigenvalue weighted by Gasteiger charge is 2.32. The van der Waals surface area contributed by atoms with E-state index in [-0.39, 0.29) is 29.7 Å². The quantitative estimate of drug-likeness (QED) is 0.630. The maximum absolute atomic E-state index is 13.3. The van der Waals surface area contributed by atoms with Gasteiger partial charge in [-0.2, -0.15) is 0 Å². The Morgan fingerprint density at radius 2 is 1.88 bits per heavy atom. The zero-order valence-corrected chi connectivity index (χ0v) is 18.8. The smallest absolute Gasteiger partial charge is 0.274 e. The highest BCUT2D eigenvalue weighted by Crippen LogP contribution is 2.28. The van der Waals surface area contributed by atoms with Gasteiger partial charge in [-0.15, -0.1) is 0 Å². The van der Waals surface area contributed by atoms with Gasteiger partial charge in [0.05, 0.1) is 25.2 Å². The van der Waals surface area contributed by atoms with Crippen molar-refractivity contribution in [2.24, 2.45) is 5.92 Å². The standard InChI is InChI=1S/C26H27FN4O3/c27-21-8-4-5-18(13-21)14-28-25(32)20-9-11-30(12-10-20)26(33)24-22-16-34-23(15-31(22)17-29-24)19-6-2-1-3-7-19/h1-8,13,17,20,23H,9-12,14-16H2,(H,28,32)/t23-/m0/s1. The molecular weight excluding hydrogens is 435 g/mol. The monoisotopic (exact) mass is 462 g/mol. The van der Waals surface area contributed by atoms with Crippen molar-refractivity contribution in [3.05, 3.63) is 89.3 Å². The number of halogens is 1. The number of hydrogen-bond donors (Lipinski definition) is 1. The third kappa shape index (κ3) is 4.72. The summed E-state index contributed by atoms with van der Waals surface area (Å²) in [6, 6.07) is 16.2. The van der Waals surface area contributed by atoms with Gasteiger partial charge < -0.3 is 19.5 Å². The molecule has 3 aromatic rings. The van der Waals surface area contributed by atoms with Gasteiger partial charge in [0.2, 0.25) is 5.91 Å². The topological polar surface area (TPSA) is 76.5 Å². The summed E-state index contributed by atoms with van der Waals surface area (Å²) < 4.78 is 21.4. The van der Waals surface area contributed by atoms with Crippen LogP contribution in [0.15, 0.2) is 60.9 Å². The van der Waals surface area contributed by atoms with Gasteiger partial charge >= 0.3 is 0 Å². The van der Waals surface area contributed by atoms with Gasteiger partial charge in [0, 0.05) is 25.6 Å². The number of rotatable bonds is 5. The van der Waals surface area contributed by atoms with Crippen molar-refractivity contribution in [2.75, 3.05) is 13.1 Å². The predicted octanol–water partition coefficient (Wildman–Crippen LogP) is 3.46. The number of aromatic nitrogens is 2. The Bertz CT molecular complexity index is 1170. The zero-order valence-electron chi connectivity index (χ0n) is 18.8. The number of hydrogen-bond acceptors (Lipinski definition) is 4. The molecule has 0 unspecified atom stereocenters. The van der Waals surface area contributed by atoms with Crippen molar-refractivity contribution in [3.8, 4) is 0 Å². The van der Waals surface area contributed by atoms with Crippen LogP contribution in [-0.4, -0.2) is 39.4 Å². The van der Waals surface area contributed by atoms with Gasteiger partial charge in [-0.25, -0.2) is 9.37 Å². The minimum Gasteiger partial charge on any atom is -0.365 e. The molecule has 1 saturated heterocycles. The summed E-state index contributed by atoms with van der Waals surface area (Å²) in [6.07, 6.45) is 2.83. The Balaban J connectivity index is 1.15. The number of fused-ring (bicyclic) bond motifs is 1. The first kappa shape index (κ1) is 22.3. The highest BCUT2D eigenvalue weighted by molar-refractivity contribution is 5.93. The number of likely N-dealkylation sites (tertiary alicyclic amines) is 1. The van der Waals surface area contributed by atoms with Crippen molar-refractivity contribution in [3.63, 3.8) is 0 Å². The first-order valence-corrected chi connectivity index (χ1v) is 11.6. The molecule has 8 heteroatoms. The maximum Gasteiger partial charge on any atom is 0.274 e. The molecule has 1 N–H and O–H groups in total. The van der Waals surface area contributed by atoms with Gasteiger partial charge in [0.25, 0.3) is 5.91 Å². The van der Waals surface area contributed by atoms with Crippen LogP contribution in [0.3, 0.4) is 0 Å². The second-order valence-corrected chi connectivity index (χ2v) is 8.82. The van der Waals surface area contributed by atoms with E-state index in [1.54, 1.807) is 23.4 Å². The molecule has 2 aliphatic rings. The average molecular weight is 463 g/mol. The number of nitrogens with one attached hydrogen (secondary N) is 1. The van der Waals surface area contributed by atoms with E-state index in [1.165, 1.54) is 12.1 Å². The second kappa shape index (κ2) is 9.77. The van der Waals surface area contributed by atoms with E-state index in [1.807, 2.05) is 34.9 Å². The first-order chi connectivity index (χ1) is 16.6. The zero-order chi connectivity index (χ0) is 23.5. The van der Waals surface area contributed by atoms with E-state index in [0.29, 0.717) is 51.3 Å². The summed E-state index contributed by atoms with van der Waals surface area (Å²) >= 11 is 0. The van der Waals surface area contributed by atoms with Crippen LogP contribution in [-0.2, 0) is 29.2 Å². The average Bonchev–Trinajstić information content (AvgIpc) is 3.31. The molecule has 176 valence electrons. The van der Waals surface area contributed by atoms with E-state index in [0.717, 1.165) is 16.8 Å². The van der Waals surface area contributed by atoms with E-state index in [2.05, 4.69) is 10.3 Å². The number of imidazole rings is 1. The number of carbonyl (C=O) groups excluding carboxylic acids is 2. The Labute approximate surface area is 197 Å². The molecule has 2 aromatic carbocycles. The van der Waals surface area contributed by atoms with Gasteiger partial charge in [0.1, 0.15) is 11.9 Å². The van der Waals surface area contributed by atoms with Gasteiger partial charge in [0.15, 0.2) is 5.69 Å². The van der Waals surface area contributed by atoms with Crippen molar-refractivity contribution in [1.82, 2.24) is 19.8 Å². The summed E-state index contributed by atoms with van der Waals surface area (Å²) in [5, 5.41) is 2.88. The molecule has 1 atom stereocenters. The fraction of sp³-hybridized carbons (Fsp3) is 0.346. The molecule has 0 saturated carbocycles. The van der Waals surface area contributed by atoms with Crippen LogP contribution in [0.5, 0.6) is 0 Å². The molecule has 3 heterocycles. The minimum atomic E-state index is -0.318. The Morgan fingerprint density at radius 3 is 2.65 bits per heavy atom. The number of amides is 2. The van der Waals surface area contributed by atoms with Crippen LogP contribution >= 0.6 is 0 Å². The molecule has 0 radical (unpaired) electrons. The van der Waals surface area contributed by atoms with Gasteiger partial charge in [-0.05, 0) is 36.1 Å². The fourth-order valence-electron chi connectivity index (χ4n) is 4.65. The van der Waals surface area contributed by atoms with Crippen LogP contribution < -0.4 is 5.32 Å². The van der Waals surface area contributed by atoms with Crippen molar-refractivity contribution in [2.45, 2.75) is 38.6 Å². The third-order valence-corrected chi connectivity index (χ3v) is 6.61. The summed E-state index contributed by atoms with van der Waals surface area (Å²) in [6.45, 7) is 2.24. The third-order valence-electron chi connectivity index (χ3n) is 6.61. The lowest BCUT2D eigenvalue weighted by molar-refractivity contribution is -0.126. The maximum atomic E-state index is 13.3. The largest absolute Gasteiger partial charge is 0.365 e. The van der Waals surface area contributed by atoms with Crippen LogP contribution in [0.25, 0.3) is 0 Å². The molecular formula is C26H27FN4O3. The molecule has 0 aliphatic carbocycles. The molecule has 0 bridgehead atoms.